The highest BCUT2D eigenvalue weighted by molar-refractivity contribution is 6.11. The summed E-state index contributed by atoms with van der Waals surface area (Å²) in [6.07, 6.45) is 4.58. The maximum absolute atomic E-state index is 13.0. The van der Waals surface area contributed by atoms with Crippen LogP contribution in [0, 0.1) is 25.7 Å². The monoisotopic (exact) mass is 428 g/mol. The Kier molecular flexibility index (Phi) is 6.11. The fourth-order valence-electron chi connectivity index (χ4n) is 5.02. The summed E-state index contributed by atoms with van der Waals surface area (Å²) >= 11 is 0. The average molecular weight is 429 g/mol. The Bertz CT molecular complexity index is 907. The van der Waals surface area contributed by atoms with Gasteiger partial charge < -0.3 is 9.80 Å². The summed E-state index contributed by atoms with van der Waals surface area (Å²) in [5.74, 6) is 0.783. The number of aromatic amines is 1. The van der Waals surface area contributed by atoms with Gasteiger partial charge in [0.25, 0.3) is 5.91 Å². The van der Waals surface area contributed by atoms with Crippen LogP contribution in [0.5, 0.6) is 0 Å². The molecule has 1 aromatic rings. The Morgan fingerprint density at radius 2 is 1.71 bits per heavy atom. The summed E-state index contributed by atoms with van der Waals surface area (Å²) in [7, 11) is 1.62. The fourth-order valence-corrected chi connectivity index (χ4v) is 5.02. The zero-order chi connectivity index (χ0) is 22.1. The normalized spacial score (nSPS) is 24.5. The van der Waals surface area contributed by atoms with Crippen molar-refractivity contribution in [2.24, 2.45) is 16.9 Å². The third-order valence-electron chi connectivity index (χ3n) is 7.04. The number of rotatable bonds is 4. The lowest BCUT2D eigenvalue weighted by Gasteiger charge is -2.41. The van der Waals surface area contributed by atoms with Crippen LogP contribution < -0.4 is 0 Å². The summed E-state index contributed by atoms with van der Waals surface area (Å²) in [4.78, 5) is 41.4. The largest absolute Gasteiger partial charge is 0.342 e. The van der Waals surface area contributed by atoms with Crippen molar-refractivity contribution in [1.82, 2.24) is 25.0 Å². The van der Waals surface area contributed by atoms with Gasteiger partial charge in [-0.3, -0.25) is 19.5 Å². The van der Waals surface area contributed by atoms with E-state index in [2.05, 4.69) is 15.3 Å². The smallest absolute Gasteiger partial charge is 0.274 e. The number of amides is 3. The summed E-state index contributed by atoms with van der Waals surface area (Å²) in [6, 6.07) is 0. The molecule has 9 nitrogen and oxygen atoms in total. The van der Waals surface area contributed by atoms with Gasteiger partial charge in [-0.05, 0) is 51.4 Å². The van der Waals surface area contributed by atoms with E-state index in [-0.39, 0.29) is 30.6 Å². The molecule has 2 atom stereocenters. The average Bonchev–Trinajstić information content (AvgIpc) is 3.27. The fraction of sp³-hybridized carbons (Fsp3) is 0.682. The van der Waals surface area contributed by atoms with Gasteiger partial charge in [0, 0.05) is 44.5 Å². The number of aromatic nitrogens is 2. The lowest BCUT2D eigenvalue weighted by atomic mass is 9.80. The number of carbonyl (C=O) groups is 3. The van der Waals surface area contributed by atoms with Crippen molar-refractivity contribution in [2.45, 2.75) is 52.4 Å². The molecule has 0 bridgehead atoms. The molecular weight excluding hydrogens is 396 g/mol. The number of hydrogen-bond donors (Lipinski definition) is 1. The molecule has 4 heterocycles. The molecule has 2 saturated heterocycles. The van der Waals surface area contributed by atoms with Gasteiger partial charge in [-0.15, -0.1) is 0 Å². The number of hydrazone groups is 1. The minimum absolute atomic E-state index is 0.00308. The molecule has 2 unspecified atom stereocenters. The van der Waals surface area contributed by atoms with Crippen molar-refractivity contribution in [3.05, 3.63) is 17.0 Å². The van der Waals surface area contributed by atoms with Crippen LogP contribution in [0.3, 0.4) is 0 Å². The summed E-state index contributed by atoms with van der Waals surface area (Å²) in [5.41, 5.74) is 3.02. The van der Waals surface area contributed by atoms with Crippen LogP contribution in [-0.4, -0.2) is 81.7 Å². The number of carbonyl (C=O) groups excluding carboxylic acids is 3. The SMILES string of the molecule is Cc1[nH]nc(C(=O)N2CCCC(C3CCCN(C(=O)CC4=NN(C)C(=O)C4)C3)C2)c1C. The van der Waals surface area contributed by atoms with E-state index in [0.29, 0.717) is 23.2 Å². The van der Waals surface area contributed by atoms with Crippen LogP contribution >= 0.6 is 0 Å². The van der Waals surface area contributed by atoms with Gasteiger partial charge in [-0.1, -0.05) is 0 Å². The number of piperidine rings is 2. The molecule has 3 aliphatic heterocycles. The number of H-pyrrole nitrogens is 1. The molecule has 2 fully saturated rings. The molecule has 0 spiro atoms. The van der Waals surface area contributed by atoms with Gasteiger partial charge in [0.05, 0.1) is 18.6 Å². The van der Waals surface area contributed by atoms with Crippen molar-refractivity contribution < 1.29 is 14.4 Å². The lowest BCUT2D eigenvalue weighted by molar-refractivity contribution is -0.132. The zero-order valence-electron chi connectivity index (χ0n) is 18.7. The molecule has 3 amide bonds. The highest BCUT2D eigenvalue weighted by Crippen LogP contribution is 2.32. The van der Waals surface area contributed by atoms with Gasteiger partial charge in [0.2, 0.25) is 11.8 Å². The maximum atomic E-state index is 13.0. The van der Waals surface area contributed by atoms with Crippen molar-refractivity contribution >= 4 is 23.4 Å². The number of nitrogens with one attached hydrogen (secondary N) is 1. The molecule has 1 aromatic heterocycles. The zero-order valence-corrected chi connectivity index (χ0v) is 18.7. The van der Waals surface area contributed by atoms with Gasteiger partial charge in [-0.2, -0.15) is 10.2 Å². The predicted octanol–water partition coefficient (Wildman–Crippen LogP) is 1.73. The molecule has 3 aliphatic rings. The quantitative estimate of drug-likeness (QED) is 0.789. The first-order valence-electron chi connectivity index (χ1n) is 11.2. The number of nitrogens with zero attached hydrogens (tertiary/aromatic N) is 5. The van der Waals surface area contributed by atoms with Crippen LogP contribution in [-0.2, 0) is 9.59 Å². The Hall–Kier alpha value is -2.71. The van der Waals surface area contributed by atoms with Gasteiger partial charge in [0.1, 0.15) is 0 Å². The van der Waals surface area contributed by atoms with Gasteiger partial charge in [0.15, 0.2) is 5.69 Å². The van der Waals surface area contributed by atoms with Gasteiger partial charge in [-0.25, -0.2) is 5.01 Å². The van der Waals surface area contributed by atoms with Gasteiger partial charge >= 0.3 is 0 Å². The standard InChI is InChI=1S/C22H32N6O3/c1-14-15(2)23-24-21(14)22(31)28-9-5-7-17(13-28)16-6-4-8-27(12-16)20(30)11-18-10-19(29)26(3)25-18/h16-17H,4-13H2,1-3H3,(H,23,24). The van der Waals surface area contributed by atoms with Crippen LogP contribution in [0.4, 0.5) is 0 Å². The molecular formula is C22H32N6O3. The van der Waals surface area contributed by atoms with E-state index in [1.54, 1.807) is 7.05 Å². The Morgan fingerprint density at radius 1 is 1.06 bits per heavy atom. The number of likely N-dealkylation sites (tertiary alicyclic amines) is 2. The van der Waals surface area contributed by atoms with E-state index >= 15 is 0 Å². The first-order valence-corrected chi connectivity index (χ1v) is 11.2. The maximum Gasteiger partial charge on any atom is 0.274 e. The highest BCUT2D eigenvalue weighted by Gasteiger charge is 2.35. The van der Waals surface area contributed by atoms with Crippen LogP contribution in [0.15, 0.2) is 5.10 Å². The molecule has 9 heteroatoms. The summed E-state index contributed by atoms with van der Waals surface area (Å²) in [6.45, 7) is 6.83. The Morgan fingerprint density at radius 3 is 2.29 bits per heavy atom. The van der Waals surface area contributed by atoms with Crippen LogP contribution in [0.25, 0.3) is 0 Å². The topological polar surface area (TPSA) is 102 Å². The minimum Gasteiger partial charge on any atom is -0.342 e. The van der Waals surface area contributed by atoms with E-state index in [4.69, 9.17) is 0 Å². The second-order valence-corrected chi connectivity index (χ2v) is 9.15. The summed E-state index contributed by atoms with van der Waals surface area (Å²) in [5, 5.41) is 12.6. The van der Waals surface area contributed by atoms with Crippen molar-refractivity contribution in [3.63, 3.8) is 0 Å². The van der Waals surface area contributed by atoms with E-state index in [1.807, 2.05) is 23.6 Å². The van der Waals surface area contributed by atoms with Crippen molar-refractivity contribution in [2.75, 3.05) is 33.2 Å². The third kappa shape index (κ3) is 4.50. The molecule has 0 saturated carbocycles. The predicted molar refractivity (Wildman–Crippen MR) is 115 cm³/mol. The van der Waals surface area contributed by atoms with E-state index in [0.717, 1.165) is 63.1 Å². The molecule has 31 heavy (non-hydrogen) atoms. The van der Waals surface area contributed by atoms with E-state index < -0.39 is 0 Å². The third-order valence-corrected chi connectivity index (χ3v) is 7.04. The first kappa shape index (κ1) is 21.5. The molecule has 0 radical (unpaired) electrons. The number of hydrogen-bond acceptors (Lipinski definition) is 5. The number of aryl methyl sites for hydroxylation is 1. The molecule has 0 aliphatic carbocycles. The summed E-state index contributed by atoms with van der Waals surface area (Å²) < 4.78 is 0. The molecule has 1 N–H and O–H groups in total. The minimum atomic E-state index is -0.0615. The first-order chi connectivity index (χ1) is 14.8. The lowest BCUT2D eigenvalue weighted by Crippen LogP contribution is -2.48. The Balaban J connectivity index is 1.36. The second-order valence-electron chi connectivity index (χ2n) is 9.15. The van der Waals surface area contributed by atoms with Crippen LogP contribution in [0.1, 0.15) is 60.3 Å². The molecule has 0 aromatic carbocycles. The molecule has 4 rings (SSSR count). The van der Waals surface area contributed by atoms with Crippen molar-refractivity contribution in [3.8, 4) is 0 Å². The Labute approximate surface area is 182 Å². The highest BCUT2D eigenvalue weighted by atomic mass is 16.2. The second kappa shape index (κ2) is 8.80. The van der Waals surface area contributed by atoms with E-state index in [9.17, 15) is 14.4 Å². The van der Waals surface area contributed by atoms with Crippen LogP contribution in [0.2, 0.25) is 0 Å². The molecule has 168 valence electrons. The van der Waals surface area contributed by atoms with Crippen molar-refractivity contribution in [1.29, 1.82) is 0 Å². The van der Waals surface area contributed by atoms with E-state index in [1.165, 1.54) is 5.01 Å².